The Morgan fingerprint density at radius 2 is 1.86 bits per heavy atom. The molecule has 0 saturated carbocycles. The molecular formula is C12H18N2. The molecule has 1 aromatic rings. The van der Waals surface area contributed by atoms with Gasteiger partial charge < -0.3 is 11.1 Å². The van der Waals surface area contributed by atoms with Crippen LogP contribution in [0.5, 0.6) is 0 Å². The van der Waals surface area contributed by atoms with Crippen LogP contribution in [0.15, 0.2) is 36.2 Å². The molecule has 1 rings (SSSR count). The van der Waals surface area contributed by atoms with Crippen LogP contribution in [0.4, 0.5) is 0 Å². The zero-order chi connectivity index (χ0) is 10.4. The standard InChI is InChI=1S/C12H18N2/c1-3-10-5-7-11(8-6-10)9-14-12(13)4-2/h4-8,14H,3,9,13H2,1-2H3/b12-4-. The normalized spacial score (nSPS) is 11.4. The number of rotatable bonds is 4. The van der Waals surface area contributed by atoms with Gasteiger partial charge >= 0.3 is 0 Å². The molecule has 76 valence electrons. The van der Waals surface area contributed by atoms with E-state index in [4.69, 9.17) is 5.73 Å². The van der Waals surface area contributed by atoms with Crippen LogP contribution >= 0.6 is 0 Å². The second kappa shape index (κ2) is 5.32. The van der Waals surface area contributed by atoms with Crippen LogP contribution in [-0.4, -0.2) is 0 Å². The lowest BCUT2D eigenvalue weighted by molar-refractivity contribution is 0.797. The Hall–Kier alpha value is -1.44. The predicted molar refractivity (Wildman–Crippen MR) is 60.6 cm³/mol. The number of nitrogens with two attached hydrogens (primary N) is 1. The molecule has 0 amide bonds. The molecule has 0 aliphatic rings. The first-order valence-electron chi connectivity index (χ1n) is 4.99. The van der Waals surface area contributed by atoms with Crippen LogP contribution in [-0.2, 0) is 13.0 Å². The van der Waals surface area contributed by atoms with Crippen molar-refractivity contribution in [3.63, 3.8) is 0 Å². The van der Waals surface area contributed by atoms with Crippen molar-refractivity contribution in [2.45, 2.75) is 26.8 Å². The third-order valence-electron chi connectivity index (χ3n) is 2.24. The number of hydrogen-bond acceptors (Lipinski definition) is 2. The minimum absolute atomic E-state index is 0.726. The highest BCUT2D eigenvalue weighted by Crippen LogP contribution is 2.04. The van der Waals surface area contributed by atoms with Crippen LogP contribution < -0.4 is 11.1 Å². The van der Waals surface area contributed by atoms with Gasteiger partial charge in [-0.25, -0.2) is 0 Å². The summed E-state index contributed by atoms with van der Waals surface area (Å²) >= 11 is 0. The first-order chi connectivity index (χ1) is 6.76. The predicted octanol–water partition coefficient (Wildman–Crippen LogP) is 2.16. The van der Waals surface area contributed by atoms with Gasteiger partial charge in [0.25, 0.3) is 0 Å². The lowest BCUT2D eigenvalue weighted by Gasteiger charge is -2.06. The summed E-state index contributed by atoms with van der Waals surface area (Å²) in [5.41, 5.74) is 8.25. The van der Waals surface area contributed by atoms with Gasteiger partial charge in [-0.1, -0.05) is 31.2 Å². The van der Waals surface area contributed by atoms with E-state index in [-0.39, 0.29) is 0 Å². The zero-order valence-electron chi connectivity index (χ0n) is 8.88. The topological polar surface area (TPSA) is 38.0 Å². The van der Waals surface area contributed by atoms with Crippen molar-refractivity contribution in [1.82, 2.24) is 5.32 Å². The van der Waals surface area contributed by atoms with E-state index in [1.165, 1.54) is 11.1 Å². The number of allylic oxidation sites excluding steroid dienone is 1. The van der Waals surface area contributed by atoms with Gasteiger partial charge in [0.1, 0.15) is 0 Å². The maximum atomic E-state index is 5.63. The van der Waals surface area contributed by atoms with E-state index in [9.17, 15) is 0 Å². The van der Waals surface area contributed by atoms with Crippen LogP contribution in [0.2, 0.25) is 0 Å². The van der Waals surface area contributed by atoms with E-state index < -0.39 is 0 Å². The molecule has 0 fully saturated rings. The molecule has 0 spiro atoms. The van der Waals surface area contributed by atoms with Crippen molar-refractivity contribution < 1.29 is 0 Å². The van der Waals surface area contributed by atoms with Crippen molar-refractivity contribution in [3.05, 3.63) is 47.3 Å². The number of nitrogens with one attached hydrogen (secondary N) is 1. The largest absolute Gasteiger partial charge is 0.386 e. The zero-order valence-corrected chi connectivity index (χ0v) is 8.88. The van der Waals surface area contributed by atoms with Gasteiger partial charge in [-0.15, -0.1) is 0 Å². The fraction of sp³-hybridized carbons (Fsp3) is 0.333. The van der Waals surface area contributed by atoms with Gasteiger partial charge in [0.15, 0.2) is 0 Å². The fourth-order valence-corrected chi connectivity index (χ4v) is 1.20. The molecule has 0 atom stereocenters. The molecule has 0 saturated heterocycles. The summed E-state index contributed by atoms with van der Waals surface area (Å²) in [5, 5.41) is 3.12. The number of aryl methyl sites for hydroxylation is 1. The minimum Gasteiger partial charge on any atom is -0.386 e. The summed E-state index contributed by atoms with van der Waals surface area (Å²) < 4.78 is 0. The quantitative estimate of drug-likeness (QED) is 0.763. The third kappa shape index (κ3) is 3.13. The second-order valence-electron chi connectivity index (χ2n) is 3.27. The van der Waals surface area contributed by atoms with E-state index in [0.29, 0.717) is 0 Å². The van der Waals surface area contributed by atoms with Crippen molar-refractivity contribution >= 4 is 0 Å². The highest BCUT2D eigenvalue weighted by atomic mass is 15.0. The van der Waals surface area contributed by atoms with Crippen molar-refractivity contribution in [2.75, 3.05) is 0 Å². The van der Waals surface area contributed by atoms with E-state index in [0.717, 1.165) is 18.8 Å². The van der Waals surface area contributed by atoms with E-state index >= 15 is 0 Å². The summed E-state index contributed by atoms with van der Waals surface area (Å²) in [4.78, 5) is 0. The van der Waals surface area contributed by atoms with Crippen molar-refractivity contribution in [3.8, 4) is 0 Å². The van der Waals surface area contributed by atoms with Gasteiger partial charge in [-0.2, -0.15) is 0 Å². The van der Waals surface area contributed by atoms with Crippen LogP contribution in [0.3, 0.4) is 0 Å². The maximum Gasteiger partial charge on any atom is 0.0918 e. The van der Waals surface area contributed by atoms with Gasteiger partial charge in [-0.05, 0) is 30.5 Å². The first kappa shape index (κ1) is 10.6. The molecule has 2 heteroatoms. The van der Waals surface area contributed by atoms with Crippen molar-refractivity contribution in [1.29, 1.82) is 0 Å². The highest BCUT2D eigenvalue weighted by Gasteiger charge is 1.93. The Balaban J connectivity index is 2.52. The Kier molecular flexibility index (Phi) is 4.05. The summed E-state index contributed by atoms with van der Waals surface area (Å²) in [6.45, 7) is 4.87. The molecule has 0 aromatic heterocycles. The Morgan fingerprint density at radius 3 is 2.36 bits per heavy atom. The van der Waals surface area contributed by atoms with E-state index in [1.807, 2.05) is 13.0 Å². The molecule has 0 radical (unpaired) electrons. The van der Waals surface area contributed by atoms with Gasteiger partial charge in [0.05, 0.1) is 5.82 Å². The molecule has 0 bridgehead atoms. The molecule has 1 aromatic carbocycles. The molecule has 0 unspecified atom stereocenters. The van der Waals surface area contributed by atoms with E-state index in [1.54, 1.807) is 0 Å². The van der Waals surface area contributed by atoms with Crippen LogP contribution in [0, 0.1) is 0 Å². The lowest BCUT2D eigenvalue weighted by Crippen LogP contribution is -2.18. The van der Waals surface area contributed by atoms with E-state index in [2.05, 4.69) is 36.5 Å². The third-order valence-corrected chi connectivity index (χ3v) is 2.24. The maximum absolute atomic E-state index is 5.63. The molecule has 0 aliphatic carbocycles. The van der Waals surface area contributed by atoms with Crippen molar-refractivity contribution in [2.24, 2.45) is 5.73 Å². The lowest BCUT2D eigenvalue weighted by atomic mass is 10.1. The SMILES string of the molecule is C/C=C(/N)NCc1ccc(CC)cc1. The Labute approximate surface area is 85.8 Å². The van der Waals surface area contributed by atoms with Crippen LogP contribution in [0.1, 0.15) is 25.0 Å². The average Bonchev–Trinajstić information content (AvgIpc) is 2.26. The molecule has 3 N–H and O–H groups in total. The minimum atomic E-state index is 0.726. The summed E-state index contributed by atoms with van der Waals surface area (Å²) in [5.74, 6) is 0.726. The molecular weight excluding hydrogens is 172 g/mol. The molecule has 14 heavy (non-hydrogen) atoms. The smallest absolute Gasteiger partial charge is 0.0918 e. The molecule has 2 nitrogen and oxygen atoms in total. The molecule has 0 heterocycles. The number of hydrogen-bond donors (Lipinski definition) is 2. The Bertz CT molecular complexity index is 299. The molecule has 0 aliphatic heterocycles. The summed E-state index contributed by atoms with van der Waals surface area (Å²) in [7, 11) is 0. The van der Waals surface area contributed by atoms with Crippen LogP contribution in [0.25, 0.3) is 0 Å². The highest BCUT2D eigenvalue weighted by molar-refractivity contribution is 5.22. The fourth-order valence-electron chi connectivity index (χ4n) is 1.20. The van der Waals surface area contributed by atoms with Gasteiger partial charge in [0, 0.05) is 6.54 Å². The summed E-state index contributed by atoms with van der Waals surface area (Å²) in [6.07, 6.45) is 2.95. The van der Waals surface area contributed by atoms with Gasteiger partial charge in [0.2, 0.25) is 0 Å². The number of benzene rings is 1. The monoisotopic (exact) mass is 190 g/mol. The summed E-state index contributed by atoms with van der Waals surface area (Å²) in [6, 6.07) is 8.58. The average molecular weight is 190 g/mol. The van der Waals surface area contributed by atoms with Gasteiger partial charge in [-0.3, -0.25) is 0 Å². The Morgan fingerprint density at radius 1 is 1.29 bits per heavy atom. The first-order valence-corrected chi connectivity index (χ1v) is 4.99. The second-order valence-corrected chi connectivity index (χ2v) is 3.27.